The molecule has 19 heavy (non-hydrogen) atoms. The molecule has 0 aliphatic heterocycles. The quantitative estimate of drug-likeness (QED) is 0.910. The number of anilines is 1. The van der Waals surface area contributed by atoms with Crippen molar-refractivity contribution in [1.82, 2.24) is 4.57 Å². The van der Waals surface area contributed by atoms with E-state index in [1.54, 1.807) is 17.7 Å². The van der Waals surface area contributed by atoms with Gasteiger partial charge in [0, 0.05) is 25.9 Å². The lowest BCUT2D eigenvalue weighted by atomic mass is 10.1. The summed E-state index contributed by atoms with van der Waals surface area (Å²) in [7, 11) is 1.76. The Hall–Kier alpha value is -2.03. The largest absolute Gasteiger partial charge is 0.380 e. The minimum atomic E-state index is 0.0133. The summed E-state index contributed by atoms with van der Waals surface area (Å²) in [6, 6.07) is 12.2. The minimum absolute atomic E-state index is 0.0133. The second-order valence-corrected chi connectivity index (χ2v) is 5.24. The van der Waals surface area contributed by atoms with Crippen molar-refractivity contribution >= 4 is 5.69 Å². The average Bonchev–Trinajstić information content (AvgIpc) is 3.25. The Morgan fingerprint density at radius 3 is 2.53 bits per heavy atom. The van der Waals surface area contributed by atoms with Crippen LogP contribution < -0.4 is 10.9 Å². The van der Waals surface area contributed by atoms with Crippen molar-refractivity contribution < 1.29 is 0 Å². The summed E-state index contributed by atoms with van der Waals surface area (Å²) in [5.41, 5.74) is 3.71. The maximum Gasteiger partial charge on any atom is 0.250 e. The summed E-state index contributed by atoms with van der Waals surface area (Å²) in [4.78, 5) is 11.3. The number of hydrogen-bond acceptors (Lipinski definition) is 2. The molecule has 1 aliphatic carbocycles. The molecule has 1 fully saturated rings. The molecule has 3 nitrogen and oxygen atoms in total. The molecule has 98 valence electrons. The van der Waals surface area contributed by atoms with Crippen molar-refractivity contribution in [2.75, 3.05) is 5.32 Å². The van der Waals surface area contributed by atoms with Crippen molar-refractivity contribution in [3.05, 3.63) is 64.1 Å². The molecule has 0 bridgehead atoms. The molecule has 3 rings (SSSR count). The van der Waals surface area contributed by atoms with Crippen molar-refractivity contribution in [3.8, 4) is 0 Å². The van der Waals surface area contributed by atoms with Gasteiger partial charge in [0.05, 0.1) is 5.69 Å². The maximum atomic E-state index is 11.3. The highest BCUT2D eigenvalue weighted by molar-refractivity contribution is 5.41. The Bertz CT molecular complexity index is 624. The zero-order chi connectivity index (χ0) is 13.2. The lowest BCUT2D eigenvalue weighted by molar-refractivity contribution is 0.859. The average molecular weight is 254 g/mol. The normalized spacial score (nSPS) is 14.4. The Labute approximate surface area is 112 Å². The monoisotopic (exact) mass is 254 g/mol. The molecule has 2 aromatic rings. The molecule has 0 amide bonds. The summed E-state index contributed by atoms with van der Waals surface area (Å²) in [5.74, 6) is 0.811. The van der Waals surface area contributed by atoms with Crippen LogP contribution in [0.1, 0.15) is 29.9 Å². The van der Waals surface area contributed by atoms with Crippen LogP contribution in [-0.4, -0.2) is 4.57 Å². The van der Waals surface area contributed by atoms with Crippen LogP contribution >= 0.6 is 0 Å². The summed E-state index contributed by atoms with van der Waals surface area (Å²) in [5, 5.41) is 3.33. The van der Waals surface area contributed by atoms with Crippen LogP contribution in [-0.2, 0) is 13.6 Å². The standard InChI is InChI=1S/C16H18N2O/c1-18-11-15(8-9-16(18)19)17-10-12-2-4-13(5-3-12)14-6-7-14/h2-5,8-9,11,14,17H,6-7,10H2,1H3. The van der Waals surface area contributed by atoms with Crippen LogP contribution in [0, 0.1) is 0 Å². The number of nitrogens with one attached hydrogen (secondary N) is 1. The Morgan fingerprint density at radius 2 is 1.89 bits per heavy atom. The highest BCUT2D eigenvalue weighted by atomic mass is 16.1. The SMILES string of the molecule is Cn1cc(NCc2ccc(C3CC3)cc2)ccc1=O. The van der Waals surface area contributed by atoms with Crippen molar-refractivity contribution in [2.45, 2.75) is 25.3 Å². The molecule has 1 aliphatic rings. The number of rotatable bonds is 4. The highest BCUT2D eigenvalue weighted by Gasteiger charge is 2.22. The second-order valence-electron chi connectivity index (χ2n) is 5.24. The van der Waals surface area contributed by atoms with Crippen LogP contribution in [0.25, 0.3) is 0 Å². The molecule has 0 radical (unpaired) electrons. The zero-order valence-electron chi connectivity index (χ0n) is 11.1. The van der Waals surface area contributed by atoms with Crippen molar-refractivity contribution in [2.24, 2.45) is 7.05 Å². The van der Waals surface area contributed by atoms with Gasteiger partial charge in [0.15, 0.2) is 0 Å². The number of pyridine rings is 1. The number of aromatic nitrogens is 1. The first-order valence-electron chi connectivity index (χ1n) is 6.72. The molecule has 1 aromatic carbocycles. The van der Waals surface area contributed by atoms with E-state index in [1.165, 1.54) is 24.0 Å². The Morgan fingerprint density at radius 1 is 1.16 bits per heavy atom. The number of hydrogen-bond donors (Lipinski definition) is 1. The first-order valence-corrected chi connectivity index (χ1v) is 6.72. The minimum Gasteiger partial charge on any atom is -0.380 e. The molecular formula is C16H18N2O. The number of benzene rings is 1. The first-order chi connectivity index (χ1) is 9.22. The Kier molecular flexibility index (Phi) is 3.11. The third-order valence-electron chi connectivity index (χ3n) is 3.61. The van der Waals surface area contributed by atoms with Gasteiger partial charge in [0.1, 0.15) is 0 Å². The van der Waals surface area contributed by atoms with Crippen LogP contribution in [0.15, 0.2) is 47.4 Å². The van der Waals surface area contributed by atoms with E-state index in [-0.39, 0.29) is 5.56 Å². The van der Waals surface area contributed by atoms with Crippen LogP contribution in [0.4, 0.5) is 5.69 Å². The molecular weight excluding hydrogens is 236 g/mol. The van der Waals surface area contributed by atoms with Crippen LogP contribution in [0.3, 0.4) is 0 Å². The molecule has 0 unspecified atom stereocenters. The van der Waals surface area contributed by atoms with E-state index in [9.17, 15) is 4.79 Å². The van der Waals surface area contributed by atoms with E-state index in [0.29, 0.717) is 0 Å². The van der Waals surface area contributed by atoms with E-state index in [2.05, 4.69) is 29.6 Å². The molecule has 1 N–H and O–H groups in total. The number of aryl methyl sites for hydroxylation is 1. The van der Waals surface area contributed by atoms with Gasteiger partial charge in [-0.1, -0.05) is 24.3 Å². The zero-order valence-corrected chi connectivity index (χ0v) is 11.1. The van der Waals surface area contributed by atoms with Gasteiger partial charge in [-0.3, -0.25) is 4.79 Å². The predicted octanol–water partition coefficient (Wildman–Crippen LogP) is 2.87. The lowest BCUT2D eigenvalue weighted by Crippen LogP contribution is -2.15. The van der Waals surface area contributed by atoms with Gasteiger partial charge in [0.2, 0.25) is 5.56 Å². The summed E-state index contributed by atoms with van der Waals surface area (Å²) in [6.07, 6.45) is 4.51. The van der Waals surface area contributed by atoms with Gasteiger partial charge < -0.3 is 9.88 Å². The van der Waals surface area contributed by atoms with Crippen molar-refractivity contribution in [1.29, 1.82) is 0 Å². The molecule has 0 saturated heterocycles. The van der Waals surface area contributed by atoms with Crippen LogP contribution in [0.5, 0.6) is 0 Å². The molecule has 0 spiro atoms. The molecule has 1 heterocycles. The van der Waals surface area contributed by atoms with Crippen molar-refractivity contribution in [3.63, 3.8) is 0 Å². The van der Waals surface area contributed by atoms with Gasteiger partial charge in [0.25, 0.3) is 0 Å². The van der Waals surface area contributed by atoms with Gasteiger partial charge in [-0.15, -0.1) is 0 Å². The van der Waals surface area contributed by atoms with Gasteiger partial charge >= 0.3 is 0 Å². The van der Waals surface area contributed by atoms with E-state index in [1.807, 2.05) is 12.3 Å². The first kappa shape index (κ1) is 12.0. The van der Waals surface area contributed by atoms with Gasteiger partial charge in [-0.05, 0) is 36.0 Å². The summed E-state index contributed by atoms with van der Waals surface area (Å²) < 4.78 is 1.58. The molecule has 3 heteroatoms. The van der Waals surface area contributed by atoms with E-state index in [0.717, 1.165) is 18.2 Å². The molecule has 1 aromatic heterocycles. The molecule has 1 saturated carbocycles. The lowest BCUT2D eigenvalue weighted by Gasteiger charge is -2.08. The smallest absolute Gasteiger partial charge is 0.250 e. The topological polar surface area (TPSA) is 34.0 Å². The van der Waals surface area contributed by atoms with Gasteiger partial charge in [-0.25, -0.2) is 0 Å². The maximum absolute atomic E-state index is 11.3. The second kappa shape index (κ2) is 4.92. The third-order valence-corrected chi connectivity index (χ3v) is 3.61. The van der Waals surface area contributed by atoms with E-state index >= 15 is 0 Å². The van der Waals surface area contributed by atoms with E-state index < -0.39 is 0 Å². The fourth-order valence-electron chi connectivity index (χ4n) is 2.23. The molecule has 0 atom stereocenters. The highest BCUT2D eigenvalue weighted by Crippen LogP contribution is 2.39. The Balaban J connectivity index is 1.64. The predicted molar refractivity (Wildman–Crippen MR) is 77.4 cm³/mol. The fraction of sp³-hybridized carbons (Fsp3) is 0.312. The summed E-state index contributed by atoms with van der Waals surface area (Å²) in [6.45, 7) is 0.781. The fourth-order valence-corrected chi connectivity index (χ4v) is 2.23. The van der Waals surface area contributed by atoms with Gasteiger partial charge in [-0.2, -0.15) is 0 Å². The number of nitrogens with zero attached hydrogens (tertiary/aromatic N) is 1. The van der Waals surface area contributed by atoms with E-state index in [4.69, 9.17) is 0 Å². The van der Waals surface area contributed by atoms with Crippen LogP contribution in [0.2, 0.25) is 0 Å². The third kappa shape index (κ3) is 2.87. The summed E-state index contributed by atoms with van der Waals surface area (Å²) >= 11 is 0.